The van der Waals surface area contributed by atoms with Crippen LogP contribution in [0.25, 0.3) is 0 Å². The number of nitrogens with one attached hydrogen (secondary N) is 2. The second-order valence-corrected chi connectivity index (χ2v) is 8.15. The highest BCUT2D eigenvalue weighted by Gasteiger charge is 2.22. The molecule has 3 rings (SSSR count). The molecule has 0 amide bonds. The fourth-order valence-corrected chi connectivity index (χ4v) is 4.26. The monoisotopic (exact) mass is 546 g/mol. The number of hydrogen-bond acceptors (Lipinski definition) is 5. The Bertz CT molecular complexity index is 675. The average Bonchev–Trinajstić information content (AvgIpc) is 3.30. The Balaban J connectivity index is 0.00000341. The number of methoxy groups -OCH3 is 2. The van der Waals surface area contributed by atoms with Crippen LogP contribution in [0.5, 0.6) is 11.5 Å². The van der Waals surface area contributed by atoms with Crippen molar-refractivity contribution >= 4 is 29.9 Å². The van der Waals surface area contributed by atoms with E-state index in [1.807, 2.05) is 19.2 Å². The van der Waals surface area contributed by atoms with E-state index in [9.17, 15) is 0 Å². The molecule has 2 fully saturated rings. The van der Waals surface area contributed by atoms with Crippen LogP contribution >= 0.6 is 24.0 Å². The molecule has 0 aromatic heterocycles. The second kappa shape index (κ2) is 14.0. The Labute approximate surface area is 204 Å². The van der Waals surface area contributed by atoms with Crippen molar-refractivity contribution in [3.05, 3.63) is 23.8 Å². The van der Waals surface area contributed by atoms with E-state index >= 15 is 0 Å². The molecule has 8 heteroatoms. The maximum Gasteiger partial charge on any atom is 0.191 e. The van der Waals surface area contributed by atoms with E-state index in [0.717, 1.165) is 74.9 Å². The van der Waals surface area contributed by atoms with Gasteiger partial charge in [0, 0.05) is 51.9 Å². The largest absolute Gasteiger partial charge is 0.493 e. The van der Waals surface area contributed by atoms with Gasteiger partial charge in [-0.1, -0.05) is 12.1 Å². The average molecular weight is 546 g/mol. The zero-order valence-corrected chi connectivity index (χ0v) is 21.5. The van der Waals surface area contributed by atoms with Gasteiger partial charge in [0.05, 0.1) is 19.8 Å². The van der Waals surface area contributed by atoms with Gasteiger partial charge in [-0.2, -0.15) is 0 Å². The summed E-state index contributed by atoms with van der Waals surface area (Å²) >= 11 is 0. The topological polar surface area (TPSA) is 67.4 Å². The maximum atomic E-state index is 6.35. The number of aliphatic imine (C=N–C) groups is 1. The number of likely N-dealkylation sites (tertiary alicyclic amines) is 1. The summed E-state index contributed by atoms with van der Waals surface area (Å²) in [6, 6.07) is 6.53. The summed E-state index contributed by atoms with van der Waals surface area (Å²) in [5.74, 6) is 2.49. The number of hydrogen-bond donors (Lipinski definition) is 2. The summed E-state index contributed by atoms with van der Waals surface area (Å²) in [7, 11) is 5.29. The Morgan fingerprint density at radius 3 is 2.52 bits per heavy atom. The summed E-state index contributed by atoms with van der Waals surface area (Å²) in [6.45, 7) is 4.63. The van der Waals surface area contributed by atoms with Crippen LogP contribution in [0.4, 0.5) is 0 Å². The molecular formula is C23H39IN4O3. The standard InChI is InChI=1S/C23H38N4O3.HI/c1-24-23(26-19-11-13-27(14-12-19)15-16-28-2)25-17-18-7-6-10-21(29-3)22(18)30-20-8-4-5-9-20;/h6-7,10,19-20H,4-5,8-9,11-17H2,1-3H3,(H2,24,25,26);1H. The molecule has 0 unspecified atom stereocenters. The number of nitrogens with zero attached hydrogens (tertiary/aromatic N) is 2. The van der Waals surface area contributed by atoms with Gasteiger partial charge in [0.2, 0.25) is 0 Å². The quantitative estimate of drug-likeness (QED) is 0.281. The molecule has 1 saturated carbocycles. The highest BCUT2D eigenvalue weighted by molar-refractivity contribution is 14.0. The van der Waals surface area contributed by atoms with Gasteiger partial charge >= 0.3 is 0 Å². The summed E-state index contributed by atoms with van der Waals surface area (Å²) in [5, 5.41) is 7.05. The molecule has 31 heavy (non-hydrogen) atoms. The van der Waals surface area contributed by atoms with E-state index < -0.39 is 0 Å². The Hall–Kier alpha value is -1.26. The summed E-state index contributed by atoms with van der Waals surface area (Å²) in [6.07, 6.45) is 7.25. The van der Waals surface area contributed by atoms with E-state index in [1.165, 1.54) is 12.8 Å². The van der Waals surface area contributed by atoms with E-state index in [2.05, 4.69) is 26.6 Å². The first-order valence-corrected chi connectivity index (χ1v) is 11.2. The molecule has 0 radical (unpaired) electrons. The molecular weight excluding hydrogens is 507 g/mol. The Morgan fingerprint density at radius 2 is 1.87 bits per heavy atom. The van der Waals surface area contributed by atoms with Crippen LogP contribution in [-0.4, -0.2) is 70.5 Å². The lowest BCUT2D eigenvalue weighted by atomic mass is 10.1. The van der Waals surface area contributed by atoms with Crippen LogP contribution in [0.3, 0.4) is 0 Å². The van der Waals surface area contributed by atoms with Gasteiger partial charge in [-0.25, -0.2) is 0 Å². The molecule has 176 valence electrons. The number of ether oxygens (including phenoxy) is 3. The lowest BCUT2D eigenvalue weighted by molar-refractivity contribution is 0.128. The van der Waals surface area contributed by atoms with Crippen molar-refractivity contribution in [1.29, 1.82) is 0 Å². The first-order valence-electron chi connectivity index (χ1n) is 11.2. The van der Waals surface area contributed by atoms with Gasteiger partial charge in [0.15, 0.2) is 17.5 Å². The molecule has 0 atom stereocenters. The molecule has 2 N–H and O–H groups in total. The van der Waals surface area contributed by atoms with Crippen LogP contribution in [0, 0.1) is 0 Å². The van der Waals surface area contributed by atoms with Crippen LogP contribution < -0.4 is 20.1 Å². The molecule has 1 aromatic carbocycles. The minimum Gasteiger partial charge on any atom is -0.493 e. The number of benzene rings is 1. The van der Waals surface area contributed by atoms with Crippen molar-refractivity contribution in [2.75, 3.05) is 47.5 Å². The highest BCUT2D eigenvalue weighted by atomic mass is 127. The zero-order chi connectivity index (χ0) is 21.2. The highest BCUT2D eigenvalue weighted by Crippen LogP contribution is 2.34. The van der Waals surface area contributed by atoms with Crippen molar-refractivity contribution in [2.24, 2.45) is 4.99 Å². The van der Waals surface area contributed by atoms with Crippen molar-refractivity contribution in [3.8, 4) is 11.5 Å². The van der Waals surface area contributed by atoms with E-state index in [-0.39, 0.29) is 24.0 Å². The molecule has 1 heterocycles. The number of halogens is 1. The van der Waals surface area contributed by atoms with Gasteiger partial charge in [-0.3, -0.25) is 4.99 Å². The van der Waals surface area contributed by atoms with Gasteiger partial charge in [-0.15, -0.1) is 24.0 Å². The van der Waals surface area contributed by atoms with Gasteiger partial charge in [0.1, 0.15) is 0 Å². The minimum atomic E-state index is 0. The number of rotatable bonds is 9. The predicted octanol–water partition coefficient (Wildman–Crippen LogP) is 3.41. The van der Waals surface area contributed by atoms with E-state index in [0.29, 0.717) is 18.7 Å². The normalized spacial score (nSPS) is 18.5. The third kappa shape index (κ3) is 7.98. The summed E-state index contributed by atoms with van der Waals surface area (Å²) in [4.78, 5) is 6.89. The van der Waals surface area contributed by atoms with Crippen LogP contribution in [0.15, 0.2) is 23.2 Å². The third-order valence-corrected chi connectivity index (χ3v) is 6.08. The van der Waals surface area contributed by atoms with Crippen molar-refractivity contribution in [1.82, 2.24) is 15.5 Å². The predicted molar refractivity (Wildman–Crippen MR) is 136 cm³/mol. The van der Waals surface area contributed by atoms with Gasteiger partial charge in [-0.05, 0) is 44.6 Å². The first kappa shape index (κ1) is 26.0. The number of piperidine rings is 1. The van der Waals surface area contributed by atoms with Crippen LogP contribution in [0.2, 0.25) is 0 Å². The van der Waals surface area contributed by atoms with Crippen LogP contribution in [-0.2, 0) is 11.3 Å². The van der Waals surface area contributed by atoms with Gasteiger partial charge in [0.25, 0.3) is 0 Å². The minimum absolute atomic E-state index is 0. The molecule has 1 aromatic rings. The van der Waals surface area contributed by atoms with Crippen molar-refractivity contribution in [3.63, 3.8) is 0 Å². The number of para-hydroxylation sites is 1. The molecule has 1 aliphatic carbocycles. The Kier molecular flexibility index (Phi) is 11.7. The summed E-state index contributed by atoms with van der Waals surface area (Å²) < 4.78 is 17.1. The van der Waals surface area contributed by atoms with E-state index in [1.54, 1.807) is 14.2 Å². The Morgan fingerprint density at radius 1 is 1.13 bits per heavy atom. The van der Waals surface area contributed by atoms with Crippen LogP contribution in [0.1, 0.15) is 44.1 Å². The third-order valence-electron chi connectivity index (χ3n) is 6.08. The number of guanidine groups is 1. The van der Waals surface area contributed by atoms with Crippen molar-refractivity contribution < 1.29 is 14.2 Å². The smallest absolute Gasteiger partial charge is 0.191 e. The zero-order valence-electron chi connectivity index (χ0n) is 19.2. The van der Waals surface area contributed by atoms with Gasteiger partial charge < -0.3 is 29.7 Å². The molecule has 1 saturated heterocycles. The first-order chi connectivity index (χ1) is 14.7. The fraction of sp³-hybridized carbons (Fsp3) is 0.696. The molecule has 0 bridgehead atoms. The van der Waals surface area contributed by atoms with E-state index in [4.69, 9.17) is 14.2 Å². The molecule has 0 spiro atoms. The lowest BCUT2D eigenvalue weighted by Crippen LogP contribution is -2.48. The second-order valence-electron chi connectivity index (χ2n) is 8.15. The summed E-state index contributed by atoms with van der Waals surface area (Å²) in [5.41, 5.74) is 1.10. The SMILES string of the molecule is CN=C(NCc1cccc(OC)c1OC1CCCC1)NC1CCN(CCOC)CC1.I. The molecule has 7 nitrogen and oxygen atoms in total. The van der Waals surface area contributed by atoms with Crippen molar-refractivity contribution in [2.45, 2.75) is 57.2 Å². The molecule has 1 aliphatic heterocycles. The fourth-order valence-electron chi connectivity index (χ4n) is 4.26. The maximum absolute atomic E-state index is 6.35. The molecule has 2 aliphatic rings. The lowest BCUT2D eigenvalue weighted by Gasteiger charge is -2.32.